The van der Waals surface area contributed by atoms with Crippen molar-refractivity contribution in [1.29, 1.82) is 0 Å². The molecule has 0 aliphatic rings. The average Bonchev–Trinajstić information content (AvgIpc) is 3.21. The number of carbonyl (C=O) groups excluding carboxylic acids is 2. The minimum Gasteiger partial charge on any atom is -0.484 e. The Morgan fingerprint density at radius 2 is 1.73 bits per heavy atom. The molecule has 2 amide bonds. The fourth-order valence-electron chi connectivity index (χ4n) is 2.45. The Morgan fingerprint density at radius 3 is 2.47 bits per heavy atom. The van der Waals surface area contributed by atoms with Crippen LogP contribution in [0.3, 0.4) is 0 Å². The molecule has 2 N–H and O–H groups in total. The van der Waals surface area contributed by atoms with Gasteiger partial charge in [0.25, 0.3) is 5.91 Å². The first kappa shape index (κ1) is 21.6. The van der Waals surface area contributed by atoms with Gasteiger partial charge in [-0.15, -0.1) is 0 Å². The third kappa shape index (κ3) is 5.95. The largest absolute Gasteiger partial charge is 0.484 e. The van der Waals surface area contributed by atoms with Gasteiger partial charge in [0.15, 0.2) is 6.61 Å². The summed E-state index contributed by atoms with van der Waals surface area (Å²) >= 11 is 11.7. The fourth-order valence-corrected chi connectivity index (χ4v) is 2.81. The van der Waals surface area contributed by atoms with Crippen LogP contribution in [0.4, 0.5) is 0 Å². The van der Waals surface area contributed by atoms with Gasteiger partial charge in [0, 0.05) is 28.7 Å². The number of rotatable bonds is 8. The van der Waals surface area contributed by atoms with Crippen LogP contribution in [0.15, 0.2) is 47.0 Å². The molecule has 0 saturated carbocycles. The first-order valence-electron chi connectivity index (χ1n) is 8.96. The molecule has 1 heterocycles. The number of aryl methyl sites for hydroxylation is 1. The van der Waals surface area contributed by atoms with Crippen molar-refractivity contribution in [2.24, 2.45) is 0 Å². The van der Waals surface area contributed by atoms with Crippen molar-refractivity contribution in [3.05, 3.63) is 64.0 Å². The lowest BCUT2D eigenvalue weighted by Crippen LogP contribution is -2.36. The number of hydrogen-bond acceptors (Lipinski definition) is 6. The lowest BCUT2D eigenvalue weighted by atomic mass is 10.2. The highest BCUT2D eigenvalue weighted by Gasteiger charge is 2.15. The summed E-state index contributed by atoms with van der Waals surface area (Å²) in [5.74, 6) is -0.172. The molecule has 0 fully saturated rings. The van der Waals surface area contributed by atoms with Crippen LogP contribution in [0.2, 0.25) is 10.0 Å². The molecule has 0 unspecified atom stereocenters. The SMILES string of the molecule is Cc1cc(Cl)ccc1OCC(=O)NCCNC(=O)c1nc(-c2ccc(Cl)cc2)no1. The van der Waals surface area contributed by atoms with Crippen LogP contribution < -0.4 is 15.4 Å². The summed E-state index contributed by atoms with van der Waals surface area (Å²) in [6.45, 7) is 2.09. The highest BCUT2D eigenvalue weighted by atomic mass is 35.5. The Bertz CT molecular complexity index is 1040. The minimum absolute atomic E-state index is 0.148. The Kier molecular flexibility index (Phi) is 7.26. The van der Waals surface area contributed by atoms with Crippen LogP contribution in [0.5, 0.6) is 5.75 Å². The molecule has 0 aliphatic heterocycles. The van der Waals surface area contributed by atoms with E-state index < -0.39 is 5.91 Å². The fraction of sp³-hybridized carbons (Fsp3) is 0.200. The van der Waals surface area contributed by atoms with Crippen LogP contribution in [0.25, 0.3) is 11.4 Å². The van der Waals surface area contributed by atoms with Crippen LogP contribution in [-0.2, 0) is 4.79 Å². The van der Waals surface area contributed by atoms with Crippen molar-refractivity contribution >= 4 is 35.0 Å². The van der Waals surface area contributed by atoms with E-state index in [9.17, 15) is 9.59 Å². The van der Waals surface area contributed by atoms with Crippen LogP contribution >= 0.6 is 23.2 Å². The van der Waals surface area contributed by atoms with Gasteiger partial charge < -0.3 is 19.9 Å². The van der Waals surface area contributed by atoms with Gasteiger partial charge in [0.1, 0.15) is 5.75 Å². The van der Waals surface area contributed by atoms with Crippen molar-refractivity contribution in [1.82, 2.24) is 20.8 Å². The second kappa shape index (κ2) is 10.1. The maximum atomic E-state index is 12.1. The van der Waals surface area contributed by atoms with Gasteiger partial charge in [-0.25, -0.2) is 0 Å². The summed E-state index contributed by atoms with van der Waals surface area (Å²) in [6, 6.07) is 12.0. The van der Waals surface area contributed by atoms with Crippen LogP contribution in [0, 0.1) is 6.92 Å². The van der Waals surface area contributed by atoms with Gasteiger partial charge in [-0.05, 0) is 55.0 Å². The van der Waals surface area contributed by atoms with E-state index in [1.807, 2.05) is 6.92 Å². The molecule has 0 saturated heterocycles. The number of ether oxygens (including phenoxy) is 1. The van der Waals surface area contributed by atoms with Crippen molar-refractivity contribution in [3.63, 3.8) is 0 Å². The van der Waals surface area contributed by atoms with Crippen molar-refractivity contribution in [3.8, 4) is 17.1 Å². The molecule has 0 aliphatic carbocycles. The predicted molar refractivity (Wildman–Crippen MR) is 112 cm³/mol. The zero-order chi connectivity index (χ0) is 21.5. The summed E-state index contributed by atoms with van der Waals surface area (Å²) in [7, 11) is 0. The Labute approximate surface area is 182 Å². The summed E-state index contributed by atoms with van der Waals surface area (Å²) < 4.78 is 10.4. The average molecular weight is 449 g/mol. The molecule has 156 valence electrons. The van der Waals surface area contributed by atoms with E-state index in [0.29, 0.717) is 21.4 Å². The van der Waals surface area contributed by atoms with Gasteiger partial charge in [0.2, 0.25) is 5.82 Å². The molecule has 3 aromatic rings. The first-order chi connectivity index (χ1) is 14.4. The van der Waals surface area contributed by atoms with E-state index in [2.05, 4.69) is 20.8 Å². The summed E-state index contributed by atoms with van der Waals surface area (Å²) in [6.07, 6.45) is 0. The number of hydrogen-bond donors (Lipinski definition) is 2. The van der Waals surface area contributed by atoms with E-state index in [1.165, 1.54) is 0 Å². The topological polar surface area (TPSA) is 106 Å². The smallest absolute Gasteiger partial charge is 0.316 e. The van der Waals surface area contributed by atoms with Crippen molar-refractivity contribution in [2.45, 2.75) is 6.92 Å². The first-order valence-corrected chi connectivity index (χ1v) is 9.71. The van der Waals surface area contributed by atoms with E-state index in [1.54, 1.807) is 42.5 Å². The number of nitrogens with zero attached hydrogens (tertiary/aromatic N) is 2. The molecule has 8 nitrogen and oxygen atoms in total. The standard InChI is InChI=1S/C20H18Cl2N4O4/c1-12-10-15(22)6-7-16(12)29-11-17(27)23-8-9-24-19(28)20-25-18(26-30-20)13-2-4-14(21)5-3-13/h2-7,10H,8-9,11H2,1H3,(H,23,27)(H,24,28). The van der Waals surface area contributed by atoms with Gasteiger partial charge in [0.05, 0.1) is 0 Å². The number of aromatic nitrogens is 2. The third-order valence-corrected chi connectivity index (χ3v) is 4.44. The highest BCUT2D eigenvalue weighted by molar-refractivity contribution is 6.30. The molecule has 0 spiro atoms. The highest BCUT2D eigenvalue weighted by Crippen LogP contribution is 2.21. The molecule has 1 aromatic heterocycles. The monoisotopic (exact) mass is 448 g/mol. The quantitative estimate of drug-likeness (QED) is 0.512. The molecule has 10 heteroatoms. The zero-order valence-electron chi connectivity index (χ0n) is 15.9. The number of benzene rings is 2. The van der Waals surface area contributed by atoms with Gasteiger partial charge in [-0.2, -0.15) is 4.98 Å². The molecule has 3 rings (SSSR count). The van der Waals surface area contributed by atoms with E-state index in [-0.39, 0.29) is 37.3 Å². The molecular weight excluding hydrogens is 431 g/mol. The van der Waals surface area contributed by atoms with E-state index >= 15 is 0 Å². The minimum atomic E-state index is -0.537. The lowest BCUT2D eigenvalue weighted by molar-refractivity contribution is -0.123. The second-order valence-electron chi connectivity index (χ2n) is 6.23. The Hall–Kier alpha value is -3.10. The normalized spacial score (nSPS) is 10.5. The Balaban J connectivity index is 1.39. The third-order valence-electron chi connectivity index (χ3n) is 3.95. The van der Waals surface area contributed by atoms with Crippen LogP contribution in [0.1, 0.15) is 16.2 Å². The number of nitrogens with one attached hydrogen (secondary N) is 2. The van der Waals surface area contributed by atoms with Crippen molar-refractivity contribution < 1.29 is 18.8 Å². The van der Waals surface area contributed by atoms with Gasteiger partial charge in [-0.3, -0.25) is 9.59 Å². The summed E-state index contributed by atoms with van der Waals surface area (Å²) in [4.78, 5) is 28.0. The predicted octanol–water partition coefficient (Wildman–Crippen LogP) is 3.28. The number of carbonyl (C=O) groups is 2. The molecule has 30 heavy (non-hydrogen) atoms. The number of amides is 2. The lowest BCUT2D eigenvalue weighted by Gasteiger charge is -2.10. The molecule has 0 bridgehead atoms. The maximum Gasteiger partial charge on any atom is 0.316 e. The molecular formula is C20H18Cl2N4O4. The van der Waals surface area contributed by atoms with E-state index in [0.717, 1.165) is 5.56 Å². The van der Waals surface area contributed by atoms with Gasteiger partial charge in [-0.1, -0.05) is 28.4 Å². The van der Waals surface area contributed by atoms with Crippen molar-refractivity contribution in [2.75, 3.05) is 19.7 Å². The summed E-state index contributed by atoms with van der Waals surface area (Å²) in [5, 5.41) is 10.2. The second-order valence-corrected chi connectivity index (χ2v) is 7.11. The maximum absolute atomic E-state index is 12.1. The Morgan fingerprint density at radius 1 is 1.03 bits per heavy atom. The number of halogens is 2. The molecule has 0 radical (unpaired) electrons. The zero-order valence-corrected chi connectivity index (χ0v) is 17.5. The van der Waals surface area contributed by atoms with E-state index in [4.69, 9.17) is 32.5 Å². The van der Waals surface area contributed by atoms with Crippen LogP contribution in [-0.4, -0.2) is 41.7 Å². The van der Waals surface area contributed by atoms with Gasteiger partial charge >= 0.3 is 11.8 Å². The molecule has 0 atom stereocenters. The molecule has 2 aromatic carbocycles. The summed E-state index contributed by atoms with van der Waals surface area (Å²) in [5.41, 5.74) is 1.51.